The zero-order valence-electron chi connectivity index (χ0n) is 16.2. The van der Waals surface area contributed by atoms with E-state index in [0.29, 0.717) is 0 Å². The topological polar surface area (TPSA) is 59.0 Å². The van der Waals surface area contributed by atoms with Crippen LogP contribution in [0.15, 0.2) is 91.4 Å². The number of rotatable bonds is 5. The molecule has 0 saturated heterocycles. The fraction of sp³-hybridized carbons (Fsp3) is 0.0833. The van der Waals surface area contributed by atoms with Crippen molar-refractivity contribution in [2.75, 3.05) is 10.6 Å². The minimum atomic E-state index is -0.0898. The van der Waals surface area contributed by atoms with E-state index in [1.165, 1.54) is 0 Å². The van der Waals surface area contributed by atoms with Crippen LogP contribution in [-0.4, -0.2) is 15.5 Å². The molecule has 6 heteroatoms. The highest BCUT2D eigenvalue weighted by Gasteiger charge is 2.28. The number of benzene rings is 2. The van der Waals surface area contributed by atoms with Crippen molar-refractivity contribution in [1.82, 2.24) is 9.55 Å². The summed E-state index contributed by atoms with van der Waals surface area (Å²) in [6, 6.07) is 23.6. The zero-order chi connectivity index (χ0) is 20.3. The molecule has 0 aliphatic carbocycles. The lowest BCUT2D eigenvalue weighted by molar-refractivity contribution is 0.102. The minimum absolute atomic E-state index is 0.0898. The number of hydrogen-bond acceptors (Lipinski definition) is 4. The Bertz CT molecular complexity index is 1170. The van der Waals surface area contributed by atoms with E-state index in [-0.39, 0.29) is 11.3 Å². The Hall–Kier alpha value is -3.51. The van der Waals surface area contributed by atoms with Gasteiger partial charge in [-0.2, -0.15) is 0 Å². The molecule has 1 aliphatic rings. The molecular weight excluding hydrogens is 392 g/mol. The summed E-state index contributed by atoms with van der Waals surface area (Å²) in [5.41, 5.74) is 5.59. The zero-order valence-corrected chi connectivity index (χ0v) is 17.0. The first-order chi connectivity index (χ1) is 14.8. The standard InChI is InChI=1S/C24H20N4OS/c29-23(27-20-10-4-9-19(14-20)26-18-7-2-1-3-8-18)21-11-13-28-22(21)16-30-24(28)17-6-5-12-25-15-17/h1-15,24,26H,16H2,(H,27,29). The molecule has 0 spiro atoms. The Labute approximate surface area is 179 Å². The Morgan fingerprint density at radius 2 is 1.80 bits per heavy atom. The van der Waals surface area contributed by atoms with Crippen molar-refractivity contribution in [3.8, 4) is 0 Å². The van der Waals surface area contributed by atoms with E-state index < -0.39 is 0 Å². The average molecular weight is 413 g/mol. The quantitative estimate of drug-likeness (QED) is 0.443. The van der Waals surface area contributed by atoms with Crippen LogP contribution in [0, 0.1) is 0 Å². The highest BCUT2D eigenvalue weighted by atomic mass is 32.2. The van der Waals surface area contributed by atoms with Gasteiger partial charge in [0.15, 0.2) is 0 Å². The van der Waals surface area contributed by atoms with Gasteiger partial charge in [-0.25, -0.2) is 0 Å². The lowest BCUT2D eigenvalue weighted by atomic mass is 10.2. The van der Waals surface area contributed by atoms with E-state index in [9.17, 15) is 4.79 Å². The Balaban J connectivity index is 1.33. The third kappa shape index (κ3) is 3.69. The van der Waals surface area contributed by atoms with Crippen molar-refractivity contribution in [1.29, 1.82) is 0 Å². The van der Waals surface area contributed by atoms with Gasteiger partial charge in [0.2, 0.25) is 0 Å². The number of carbonyl (C=O) groups excluding carboxylic acids is 1. The van der Waals surface area contributed by atoms with E-state index in [4.69, 9.17) is 0 Å². The smallest absolute Gasteiger partial charge is 0.257 e. The molecule has 0 radical (unpaired) electrons. The normalized spacial score (nSPS) is 14.9. The molecule has 0 saturated carbocycles. The fourth-order valence-corrected chi connectivity index (χ4v) is 4.95. The summed E-state index contributed by atoms with van der Waals surface area (Å²) >= 11 is 1.81. The molecule has 0 fully saturated rings. The van der Waals surface area contributed by atoms with Crippen LogP contribution in [0.2, 0.25) is 0 Å². The second-order valence-corrected chi connectivity index (χ2v) is 8.13. The molecule has 2 aromatic heterocycles. The highest BCUT2D eigenvalue weighted by molar-refractivity contribution is 7.99. The Morgan fingerprint density at radius 3 is 2.63 bits per heavy atom. The number of pyridine rings is 1. The molecule has 0 bridgehead atoms. The van der Waals surface area contributed by atoms with E-state index in [2.05, 4.69) is 26.3 Å². The molecule has 1 atom stereocenters. The van der Waals surface area contributed by atoms with Crippen molar-refractivity contribution in [3.63, 3.8) is 0 Å². The number of amides is 1. The molecular formula is C24H20N4OS. The first kappa shape index (κ1) is 18.5. The van der Waals surface area contributed by atoms with Crippen LogP contribution in [0.4, 0.5) is 17.1 Å². The van der Waals surface area contributed by atoms with E-state index in [1.54, 1.807) is 18.0 Å². The number of aromatic nitrogens is 2. The Morgan fingerprint density at radius 1 is 0.967 bits per heavy atom. The van der Waals surface area contributed by atoms with Crippen molar-refractivity contribution < 1.29 is 4.79 Å². The number of hydrogen-bond donors (Lipinski definition) is 2. The minimum Gasteiger partial charge on any atom is -0.355 e. The molecule has 30 heavy (non-hydrogen) atoms. The lowest BCUT2D eigenvalue weighted by Gasteiger charge is -2.12. The summed E-state index contributed by atoms with van der Waals surface area (Å²) in [6.07, 6.45) is 5.66. The molecule has 1 unspecified atom stereocenters. The van der Waals surface area contributed by atoms with Gasteiger partial charge in [-0.15, -0.1) is 11.8 Å². The number of anilines is 3. The van der Waals surface area contributed by atoms with Gasteiger partial charge >= 0.3 is 0 Å². The third-order valence-electron chi connectivity index (χ3n) is 5.05. The molecule has 2 aromatic carbocycles. The van der Waals surface area contributed by atoms with Crippen molar-refractivity contribution in [3.05, 3.63) is 108 Å². The van der Waals surface area contributed by atoms with Crippen molar-refractivity contribution in [2.24, 2.45) is 0 Å². The largest absolute Gasteiger partial charge is 0.355 e. The van der Waals surface area contributed by atoms with Gasteiger partial charge in [0, 0.05) is 52.7 Å². The summed E-state index contributed by atoms with van der Waals surface area (Å²) in [5, 5.41) is 6.56. The molecule has 5 rings (SSSR count). The monoisotopic (exact) mass is 412 g/mol. The molecule has 3 heterocycles. The number of nitrogens with zero attached hydrogens (tertiary/aromatic N) is 2. The van der Waals surface area contributed by atoms with Crippen LogP contribution in [0.5, 0.6) is 0 Å². The predicted octanol–water partition coefficient (Wildman–Crippen LogP) is 5.67. The predicted molar refractivity (Wildman–Crippen MR) is 122 cm³/mol. The molecule has 1 amide bonds. The number of carbonyl (C=O) groups is 1. The fourth-order valence-electron chi connectivity index (χ4n) is 3.64. The number of para-hydroxylation sites is 1. The SMILES string of the molecule is O=C(Nc1cccc(Nc2ccccc2)c1)c1ccn2c1CSC2c1cccnc1. The number of fused-ring (bicyclic) bond motifs is 1. The summed E-state index contributed by atoms with van der Waals surface area (Å²) in [7, 11) is 0. The summed E-state index contributed by atoms with van der Waals surface area (Å²) in [4.78, 5) is 17.2. The summed E-state index contributed by atoms with van der Waals surface area (Å²) < 4.78 is 2.17. The molecule has 5 nitrogen and oxygen atoms in total. The van der Waals surface area contributed by atoms with Crippen LogP contribution in [0.1, 0.15) is 27.0 Å². The van der Waals surface area contributed by atoms with E-state index in [1.807, 2.05) is 79.1 Å². The van der Waals surface area contributed by atoms with E-state index >= 15 is 0 Å². The highest BCUT2D eigenvalue weighted by Crippen LogP contribution is 2.42. The van der Waals surface area contributed by atoms with Gasteiger partial charge in [0.25, 0.3) is 5.91 Å². The third-order valence-corrected chi connectivity index (χ3v) is 6.31. The van der Waals surface area contributed by atoms with Crippen LogP contribution >= 0.6 is 11.8 Å². The number of nitrogens with one attached hydrogen (secondary N) is 2. The van der Waals surface area contributed by atoms with Gasteiger partial charge in [-0.05, 0) is 42.5 Å². The van der Waals surface area contributed by atoms with Crippen LogP contribution in [-0.2, 0) is 5.75 Å². The second kappa shape index (κ2) is 8.08. The van der Waals surface area contributed by atoms with Gasteiger partial charge in [-0.3, -0.25) is 9.78 Å². The van der Waals surface area contributed by atoms with Crippen LogP contribution in [0.25, 0.3) is 0 Å². The summed E-state index contributed by atoms with van der Waals surface area (Å²) in [5.74, 6) is 0.707. The molecule has 148 valence electrons. The maximum absolute atomic E-state index is 13.0. The maximum atomic E-state index is 13.0. The van der Waals surface area contributed by atoms with E-state index in [0.717, 1.165) is 39.6 Å². The second-order valence-electron chi connectivity index (χ2n) is 7.06. The van der Waals surface area contributed by atoms with Gasteiger partial charge < -0.3 is 15.2 Å². The first-order valence-corrected chi connectivity index (χ1v) is 10.8. The van der Waals surface area contributed by atoms with Gasteiger partial charge in [-0.1, -0.05) is 30.3 Å². The van der Waals surface area contributed by atoms with Crippen LogP contribution < -0.4 is 10.6 Å². The molecule has 2 N–H and O–H groups in total. The molecule has 4 aromatic rings. The summed E-state index contributed by atoms with van der Waals surface area (Å²) in [6.45, 7) is 0. The Kier molecular flexibility index (Phi) is 4.99. The maximum Gasteiger partial charge on any atom is 0.257 e. The molecule has 1 aliphatic heterocycles. The lowest BCUT2D eigenvalue weighted by Crippen LogP contribution is -2.13. The van der Waals surface area contributed by atoms with Crippen LogP contribution in [0.3, 0.4) is 0 Å². The van der Waals surface area contributed by atoms with Gasteiger partial charge in [0.05, 0.1) is 5.56 Å². The van der Waals surface area contributed by atoms with Gasteiger partial charge in [0.1, 0.15) is 5.37 Å². The average Bonchev–Trinajstić information content (AvgIpc) is 3.37. The number of thioether (sulfide) groups is 1. The van der Waals surface area contributed by atoms with Crippen molar-refractivity contribution in [2.45, 2.75) is 11.1 Å². The first-order valence-electron chi connectivity index (χ1n) is 9.73. The van der Waals surface area contributed by atoms with Crippen molar-refractivity contribution >= 4 is 34.7 Å².